The van der Waals surface area contributed by atoms with Crippen LogP contribution in [0.5, 0.6) is 0 Å². The zero-order chi connectivity index (χ0) is 10.8. The molecule has 0 heterocycles. The molecule has 0 aromatic heterocycles. The molecule has 3 N–H and O–H groups in total. The number of rotatable bonds is 2. The first-order chi connectivity index (χ1) is 6.43. The lowest BCUT2D eigenvalue weighted by atomic mass is 9.76. The molecule has 0 aromatic rings. The molecule has 0 amide bonds. The Morgan fingerprint density at radius 3 is 2.14 bits per heavy atom. The molecule has 0 unspecified atom stereocenters. The molecule has 0 atom stereocenters. The molecule has 0 aliphatic heterocycles. The summed E-state index contributed by atoms with van der Waals surface area (Å²) in [5.41, 5.74) is 5.30. The second kappa shape index (κ2) is 4.06. The van der Waals surface area contributed by atoms with E-state index in [4.69, 9.17) is 5.73 Å². The van der Waals surface area contributed by atoms with E-state index >= 15 is 0 Å². The van der Waals surface area contributed by atoms with Gasteiger partial charge < -0.3 is 11.1 Å². The lowest BCUT2D eigenvalue weighted by molar-refractivity contribution is -0.185. The highest BCUT2D eigenvalue weighted by molar-refractivity contribution is 4.93. The largest absolute Gasteiger partial charge is 0.391 e. The molecule has 14 heavy (non-hydrogen) atoms. The second-order valence-electron chi connectivity index (χ2n) is 4.05. The minimum absolute atomic E-state index is 0.196. The highest BCUT2D eigenvalue weighted by Gasteiger charge is 2.44. The van der Waals surface area contributed by atoms with Gasteiger partial charge in [-0.05, 0) is 32.7 Å². The van der Waals surface area contributed by atoms with E-state index in [9.17, 15) is 13.2 Å². The third-order valence-electron chi connectivity index (χ3n) is 3.33. The quantitative estimate of drug-likeness (QED) is 0.727. The average Bonchev–Trinajstić information content (AvgIpc) is 2.16. The van der Waals surface area contributed by atoms with Crippen LogP contribution in [0.15, 0.2) is 0 Å². The molecule has 0 aromatic carbocycles. The molecule has 1 fully saturated rings. The summed E-state index contributed by atoms with van der Waals surface area (Å²) in [4.78, 5) is 0. The van der Waals surface area contributed by atoms with Gasteiger partial charge in [0, 0.05) is 12.1 Å². The van der Waals surface area contributed by atoms with Crippen molar-refractivity contribution in [1.29, 1.82) is 0 Å². The van der Waals surface area contributed by atoms with E-state index in [1.807, 2.05) is 0 Å². The predicted octanol–water partition coefficient (Wildman–Crippen LogP) is 1.66. The smallest absolute Gasteiger partial charge is 0.329 e. The Morgan fingerprint density at radius 1 is 1.36 bits per heavy atom. The zero-order valence-corrected chi connectivity index (χ0v) is 8.32. The highest BCUT2D eigenvalue weighted by atomic mass is 19.4. The van der Waals surface area contributed by atoms with Gasteiger partial charge in [0.25, 0.3) is 0 Å². The Kier molecular flexibility index (Phi) is 3.42. The summed E-state index contributed by atoms with van der Waals surface area (Å²) < 4.78 is 37.0. The first-order valence-electron chi connectivity index (χ1n) is 4.89. The standard InChI is InChI=1S/C9H17F3N2/c1-14-8(6-13)4-2-7(3-5-8)9(10,11)12/h7,14H,2-6,13H2,1H3. The average molecular weight is 210 g/mol. The number of hydrogen-bond acceptors (Lipinski definition) is 2. The van der Waals surface area contributed by atoms with Crippen molar-refractivity contribution in [2.45, 2.75) is 37.4 Å². The molecule has 1 aliphatic rings. The zero-order valence-electron chi connectivity index (χ0n) is 8.32. The Balaban J connectivity index is 2.53. The third kappa shape index (κ3) is 2.39. The van der Waals surface area contributed by atoms with Crippen molar-refractivity contribution in [2.75, 3.05) is 13.6 Å². The van der Waals surface area contributed by atoms with Crippen LogP contribution in [0.4, 0.5) is 13.2 Å². The van der Waals surface area contributed by atoms with E-state index < -0.39 is 12.1 Å². The maximum absolute atomic E-state index is 12.3. The molecule has 0 radical (unpaired) electrons. The highest BCUT2D eigenvalue weighted by Crippen LogP contribution is 2.40. The second-order valence-corrected chi connectivity index (χ2v) is 4.05. The van der Waals surface area contributed by atoms with Gasteiger partial charge in [0.05, 0.1) is 5.92 Å². The lowest BCUT2D eigenvalue weighted by Crippen LogP contribution is -2.52. The number of nitrogens with one attached hydrogen (secondary N) is 1. The number of halogens is 3. The van der Waals surface area contributed by atoms with Crippen molar-refractivity contribution in [3.05, 3.63) is 0 Å². The van der Waals surface area contributed by atoms with Crippen molar-refractivity contribution in [3.8, 4) is 0 Å². The van der Waals surface area contributed by atoms with Crippen LogP contribution in [-0.2, 0) is 0 Å². The van der Waals surface area contributed by atoms with Gasteiger partial charge in [-0.3, -0.25) is 0 Å². The SMILES string of the molecule is CNC1(CN)CCC(C(F)(F)F)CC1. The number of nitrogens with two attached hydrogens (primary N) is 1. The molecule has 0 spiro atoms. The van der Waals surface area contributed by atoms with E-state index in [1.165, 1.54) is 0 Å². The van der Waals surface area contributed by atoms with Gasteiger partial charge in [-0.15, -0.1) is 0 Å². The number of likely N-dealkylation sites (N-methyl/N-ethyl adjacent to an activating group) is 1. The van der Waals surface area contributed by atoms with Crippen LogP contribution in [0.25, 0.3) is 0 Å². The van der Waals surface area contributed by atoms with E-state index in [1.54, 1.807) is 7.05 Å². The maximum Gasteiger partial charge on any atom is 0.391 e. The van der Waals surface area contributed by atoms with Gasteiger partial charge in [-0.1, -0.05) is 0 Å². The van der Waals surface area contributed by atoms with Crippen molar-refractivity contribution >= 4 is 0 Å². The van der Waals surface area contributed by atoms with Crippen molar-refractivity contribution in [3.63, 3.8) is 0 Å². The first-order valence-corrected chi connectivity index (χ1v) is 4.89. The summed E-state index contributed by atoms with van der Waals surface area (Å²) in [5, 5.41) is 3.05. The molecule has 5 heteroatoms. The maximum atomic E-state index is 12.3. The summed E-state index contributed by atoms with van der Waals surface area (Å²) in [7, 11) is 1.76. The van der Waals surface area contributed by atoms with E-state index in [0.717, 1.165) is 0 Å². The Labute approximate surface area is 82.0 Å². The van der Waals surface area contributed by atoms with Crippen LogP contribution < -0.4 is 11.1 Å². The normalized spacial score (nSPS) is 34.5. The van der Waals surface area contributed by atoms with Gasteiger partial charge in [-0.2, -0.15) is 13.2 Å². The summed E-state index contributed by atoms with van der Waals surface area (Å²) in [6.45, 7) is 0.411. The van der Waals surface area contributed by atoms with Crippen LogP contribution in [0.3, 0.4) is 0 Å². The molecule has 2 nitrogen and oxygen atoms in total. The van der Waals surface area contributed by atoms with E-state index in [-0.39, 0.29) is 18.4 Å². The van der Waals surface area contributed by atoms with Crippen molar-refractivity contribution in [1.82, 2.24) is 5.32 Å². The van der Waals surface area contributed by atoms with Crippen LogP contribution in [0.1, 0.15) is 25.7 Å². The Hall–Kier alpha value is -0.290. The molecular weight excluding hydrogens is 193 g/mol. The minimum Gasteiger partial charge on any atom is -0.329 e. The van der Waals surface area contributed by atoms with Crippen molar-refractivity contribution < 1.29 is 13.2 Å². The number of alkyl halides is 3. The first kappa shape index (κ1) is 11.8. The third-order valence-corrected chi connectivity index (χ3v) is 3.33. The van der Waals surface area contributed by atoms with E-state index in [0.29, 0.717) is 19.4 Å². The molecule has 1 aliphatic carbocycles. The lowest BCUT2D eigenvalue weighted by Gasteiger charge is -2.39. The van der Waals surface area contributed by atoms with E-state index in [2.05, 4.69) is 5.32 Å². The van der Waals surface area contributed by atoms with Crippen LogP contribution in [0.2, 0.25) is 0 Å². The summed E-state index contributed by atoms with van der Waals surface area (Å²) in [6.07, 6.45) is -2.61. The predicted molar refractivity (Wildman–Crippen MR) is 48.9 cm³/mol. The molecule has 1 rings (SSSR count). The Bertz CT molecular complexity index is 177. The molecule has 84 valence electrons. The van der Waals surface area contributed by atoms with Crippen LogP contribution in [-0.4, -0.2) is 25.3 Å². The topological polar surface area (TPSA) is 38.0 Å². The van der Waals surface area contributed by atoms with Gasteiger partial charge in [0.15, 0.2) is 0 Å². The van der Waals surface area contributed by atoms with Crippen LogP contribution >= 0.6 is 0 Å². The monoisotopic (exact) mass is 210 g/mol. The summed E-state index contributed by atoms with van der Waals surface area (Å²) in [5.74, 6) is -1.13. The fraction of sp³-hybridized carbons (Fsp3) is 1.00. The van der Waals surface area contributed by atoms with Gasteiger partial charge >= 0.3 is 6.18 Å². The minimum atomic E-state index is -4.03. The summed E-state index contributed by atoms with van der Waals surface area (Å²) >= 11 is 0. The number of hydrogen-bond donors (Lipinski definition) is 2. The fourth-order valence-corrected chi connectivity index (χ4v) is 2.05. The molecule has 1 saturated carbocycles. The van der Waals surface area contributed by atoms with Crippen molar-refractivity contribution in [2.24, 2.45) is 11.7 Å². The van der Waals surface area contributed by atoms with Gasteiger partial charge in [-0.25, -0.2) is 0 Å². The molecular formula is C9H17F3N2. The fourth-order valence-electron chi connectivity index (χ4n) is 2.05. The Morgan fingerprint density at radius 2 is 1.86 bits per heavy atom. The van der Waals surface area contributed by atoms with Gasteiger partial charge in [0.1, 0.15) is 0 Å². The van der Waals surface area contributed by atoms with Gasteiger partial charge in [0.2, 0.25) is 0 Å². The van der Waals surface area contributed by atoms with Crippen LogP contribution in [0, 0.1) is 5.92 Å². The molecule has 0 saturated heterocycles. The summed E-state index contributed by atoms with van der Waals surface area (Å²) in [6, 6.07) is 0. The molecule has 0 bridgehead atoms.